The predicted octanol–water partition coefficient (Wildman–Crippen LogP) is 1.26. The van der Waals surface area contributed by atoms with Crippen LogP contribution in [0.25, 0.3) is 11.2 Å². The summed E-state index contributed by atoms with van der Waals surface area (Å²) in [6.07, 6.45) is 2.89. The molecule has 128 valence electrons. The molecule has 0 aliphatic heterocycles. The molecule has 0 aliphatic carbocycles. The summed E-state index contributed by atoms with van der Waals surface area (Å²) in [6.45, 7) is 2.12. The lowest BCUT2D eigenvalue weighted by atomic mass is 10.1. The lowest BCUT2D eigenvalue weighted by Gasteiger charge is -2.05. The highest BCUT2D eigenvalue weighted by atomic mass is 16.5. The van der Waals surface area contributed by atoms with Crippen molar-refractivity contribution in [1.82, 2.24) is 19.9 Å². The Morgan fingerprint density at radius 3 is 2.68 bits per heavy atom. The molecular weight excluding hydrogens is 322 g/mol. The quantitative estimate of drug-likeness (QED) is 0.670. The van der Waals surface area contributed by atoms with Crippen LogP contribution in [0.1, 0.15) is 28.5 Å². The molecule has 0 saturated carbocycles. The molecule has 3 N–H and O–H groups in total. The highest BCUT2D eigenvalue weighted by Gasteiger charge is 2.08. The van der Waals surface area contributed by atoms with Crippen molar-refractivity contribution in [3.63, 3.8) is 0 Å². The van der Waals surface area contributed by atoms with Crippen LogP contribution in [0.5, 0.6) is 0 Å². The first-order valence-corrected chi connectivity index (χ1v) is 7.84. The topological polar surface area (TPSA) is 124 Å². The first-order valence-electron chi connectivity index (χ1n) is 7.84. The first kappa shape index (κ1) is 16.6. The van der Waals surface area contributed by atoms with Gasteiger partial charge < -0.3 is 10.5 Å². The molecule has 2 aromatic heterocycles. The number of carbonyl (C=O) groups excluding carboxylic acids is 1. The van der Waals surface area contributed by atoms with Crippen molar-refractivity contribution >= 4 is 23.1 Å². The van der Waals surface area contributed by atoms with Crippen molar-refractivity contribution in [2.24, 2.45) is 0 Å². The first-order chi connectivity index (χ1) is 12.1. The number of aryl methyl sites for hydroxylation is 2. The minimum atomic E-state index is -0.407. The van der Waals surface area contributed by atoms with E-state index in [1.54, 1.807) is 25.3 Å². The second-order valence-electron chi connectivity index (χ2n) is 5.40. The Kier molecular flexibility index (Phi) is 4.69. The second-order valence-corrected chi connectivity index (χ2v) is 5.40. The van der Waals surface area contributed by atoms with Crippen LogP contribution in [0, 0.1) is 0 Å². The molecule has 1 aromatic carbocycles. The van der Waals surface area contributed by atoms with Gasteiger partial charge in [0.1, 0.15) is 0 Å². The van der Waals surface area contributed by atoms with Gasteiger partial charge in [-0.05, 0) is 37.5 Å². The summed E-state index contributed by atoms with van der Waals surface area (Å²) in [6, 6.07) is 7.21. The second kappa shape index (κ2) is 7.08. The van der Waals surface area contributed by atoms with Crippen LogP contribution in [-0.2, 0) is 17.6 Å². The maximum Gasteiger partial charge on any atom is 0.338 e. The number of carbonyl (C=O) groups is 1. The van der Waals surface area contributed by atoms with E-state index in [4.69, 9.17) is 10.5 Å². The maximum absolute atomic E-state index is 11.9. The van der Waals surface area contributed by atoms with Gasteiger partial charge in [-0.15, -0.1) is 0 Å². The molecule has 0 saturated heterocycles. The van der Waals surface area contributed by atoms with Crippen molar-refractivity contribution in [1.29, 1.82) is 0 Å². The van der Waals surface area contributed by atoms with Crippen LogP contribution in [0.2, 0.25) is 0 Å². The van der Waals surface area contributed by atoms with Gasteiger partial charge in [0.25, 0.3) is 5.56 Å². The van der Waals surface area contributed by atoms with E-state index in [2.05, 4.69) is 19.9 Å². The number of hydrogen-bond donors (Lipinski definition) is 2. The van der Waals surface area contributed by atoms with E-state index in [1.165, 1.54) is 0 Å². The van der Waals surface area contributed by atoms with Crippen molar-refractivity contribution in [3.05, 3.63) is 57.6 Å². The highest BCUT2D eigenvalue weighted by Crippen LogP contribution is 2.10. The molecule has 25 heavy (non-hydrogen) atoms. The number of nitrogens with zero attached hydrogens (tertiary/aromatic N) is 3. The Morgan fingerprint density at radius 1 is 1.20 bits per heavy atom. The predicted molar refractivity (Wildman–Crippen MR) is 92.2 cm³/mol. The summed E-state index contributed by atoms with van der Waals surface area (Å²) < 4.78 is 4.95. The summed E-state index contributed by atoms with van der Waals surface area (Å²) in [5, 5.41) is 0. The Morgan fingerprint density at radius 2 is 1.96 bits per heavy atom. The standard InChI is InChI=1S/C17H17N5O3/c1-2-25-16(24)11-6-3-10(4-7-11)5-8-12-9-19-14-13(20-12)15(23)22-17(18)21-14/h3-4,6-7,9H,2,5,8H2,1H3,(H3,18,19,21,22,23). The van der Waals surface area contributed by atoms with Gasteiger partial charge in [-0.1, -0.05) is 12.1 Å². The van der Waals surface area contributed by atoms with Gasteiger partial charge in [0, 0.05) is 0 Å². The molecule has 0 aliphatic rings. The number of esters is 1. The van der Waals surface area contributed by atoms with E-state index in [-0.39, 0.29) is 23.1 Å². The van der Waals surface area contributed by atoms with Gasteiger partial charge in [0.2, 0.25) is 5.95 Å². The third-order valence-corrected chi connectivity index (χ3v) is 3.62. The van der Waals surface area contributed by atoms with Crippen molar-refractivity contribution < 1.29 is 9.53 Å². The average molecular weight is 339 g/mol. The lowest BCUT2D eigenvalue weighted by molar-refractivity contribution is 0.0526. The van der Waals surface area contributed by atoms with Crippen LogP contribution < -0.4 is 11.3 Å². The molecule has 3 aromatic rings. The number of rotatable bonds is 5. The average Bonchev–Trinajstić information content (AvgIpc) is 2.61. The smallest absolute Gasteiger partial charge is 0.338 e. The summed E-state index contributed by atoms with van der Waals surface area (Å²) in [5.41, 5.74) is 7.71. The minimum absolute atomic E-state index is 0.0150. The minimum Gasteiger partial charge on any atom is -0.462 e. The molecule has 0 bridgehead atoms. The van der Waals surface area contributed by atoms with E-state index in [0.29, 0.717) is 30.7 Å². The van der Waals surface area contributed by atoms with Crippen LogP contribution in [0.4, 0.5) is 5.95 Å². The lowest BCUT2D eigenvalue weighted by Crippen LogP contribution is -2.14. The molecule has 8 nitrogen and oxygen atoms in total. The molecule has 0 unspecified atom stereocenters. The van der Waals surface area contributed by atoms with Crippen LogP contribution in [0.15, 0.2) is 35.3 Å². The highest BCUT2D eigenvalue weighted by molar-refractivity contribution is 5.89. The molecule has 0 fully saturated rings. The number of aromatic nitrogens is 4. The number of hydrogen-bond acceptors (Lipinski definition) is 7. The van der Waals surface area contributed by atoms with E-state index >= 15 is 0 Å². The fourth-order valence-electron chi connectivity index (χ4n) is 2.39. The number of ether oxygens (including phenoxy) is 1. The van der Waals surface area contributed by atoms with Gasteiger partial charge in [-0.2, -0.15) is 4.98 Å². The number of H-pyrrole nitrogens is 1. The van der Waals surface area contributed by atoms with E-state index in [9.17, 15) is 9.59 Å². The molecule has 0 radical (unpaired) electrons. The molecule has 0 atom stereocenters. The molecule has 8 heteroatoms. The van der Waals surface area contributed by atoms with Gasteiger partial charge in [-0.3, -0.25) is 9.78 Å². The van der Waals surface area contributed by atoms with Crippen molar-refractivity contribution in [2.45, 2.75) is 19.8 Å². The third-order valence-electron chi connectivity index (χ3n) is 3.62. The Labute approximate surface area is 143 Å². The molecule has 2 heterocycles. The number of benzene rings is 1. The van der Waals surface area contributed by atoms with Gasteiger partial charge in [0.15, 0.2) is 11.2 Å². The normalized spacial score (nSPS) is 10.8. The van der Waals surface area contributed by atoms with Gasteiger partial charge >= 0.3 is 5.97 Å². The summed E-state index contributed by atoms with van der Waals surface area (Å²) in [5.74, 6) is -0.318. The Balaban J connectivity index is 1.72. The number of aromatic amines is 1. The summed E-state index contributed by atoms with van der Waals surface area (Å²) in [7, 11) is 0. The van der Waals surface area contributed by atoms with Crippen molar-refractivity contribution in [2.75, 3.05) is 12.3 Å². The zero-order valence-electron chi connectivity index (χ0n) is 13.7. The molecular formula is C17H17N5O3. The monoisotopic (exact) mass is 339 g/mol. The fourth-order valence-corrected chi connectivity index (χ4v) is 2.39. The summed E-state index contributed by atoms with van der Waals surface area (Å²) >= 11 is 0. The summed E-state index contributed by atoms with van der Waals surface area (Å²) in [4.78, 5) is 38.3. The Bertz CT molecular complexity index is 966. The number of nitrogens with two attached hydrogens (primary N) is 1. The van der Waals surface area contributed by atoms with E-state index < -0.39 is 5.56 Å². The maximum atomic E-state index is 11.9. The number of anilines is 1. The molecule has 0 spiro atoms. The van der Waals surface area contributed by atoms with E-state index in [1.807, 2.05) is 12.1 Å². The number of fused-ring (bicyclic) bond motifs is 1. The van der Waals surface area contributed by atoms with Crippen molar-refractivity contribution in [3.8, 4) is 0 Å². The zero-order chi connectivity index (χ0) is 17.8. The van der Waals surface area contributed by atoms with Crippen LogP contribution in [-0.4, -0.2) is 32.5 Å². The zero-order valence-corrected chi connectivity index (χ0v) is 13.7. The number of nitrogens with one attached hydrogen (secondary N) is 1. The van der Waals surface area contributed by atoms with Gasteiger partial charge in [-0.25, -0.2) is 14.8 Å². The molecule has 0 amide bonds. The van der Waals surface area contributed by atoms with Crippen LogP contribution >= 0.6 is 0 Å². The van der Waals surface area contributed by atoms with Crippen LogP contribution in [0.3, 0.4) is 0 Å². The third kappa shape index (κ3) is 3.79. The fraction of sp³-hybridized carbons (Fsp3) is 0.235. The van der Waals surface area contributed by atoms with E-state index in [0.717, 1.165) is 5.56 Å². The number of nitrogen functional groups attached to an aromatic ring is 1. The van der Waals surface area contributed by atoms with Gasteiger partial charge in [0.05, 0.1) is 24.1 Å². The molecule has 3 rings (SSSR count). The SMILES string of the molecule is CCOC(=O)c1ccc(CCc2cnc3nc(N)[nH]c(=O)c3n2)cc1. The largest absolute Gasteiger partial charge is 0.462 e. The Hall–Kier alpha value is -3.29.